The summed E-state index contributed by atoms with van der Waals surface area (Å²) in [4.78, 5) is 35.4. The molecule has 2 aromatic carbocycles. The molecule has 3 aromatic rings. The Labute approximate surface area is 148 Å². The Hall–Kier alpha value is -3.61. The molecule has 1 aromatic heterocycles. The van der Waals surface area contributed by atoms with Crippen molar-refractivity contribution in [3.05, 3.63) is 60.3 Å². The number of carboxylic acids is 1. The molecule has 3 N–H and O–H groups in total. The average Bonchev–Trinajstić information content (AvgIpc) is 3.05. The maximum atomic E-state index is 12.3. The zero-order chi connectivity index (χ0) is 18.7. The van der Waals surface area contributed by atoms with Crippen molar-refractivity contribution in [3.63, 3.8) is 0 Å². The van der Waals surface area contributed by atoms with Crippen LogP contribution in [-0.4, -0.2) is 32.6 Å². The summed E-state index contributed by atoms with van der Waals surface area (Å²) in [7, 11) is 0. The number of amides is 1. The number of carboxylic acid groups (broad SMARTS) is 1. The number of carbonyl (C=O) groups excluding carboxylic acids is 2. The molecule has 0 aliphatic heterocycles. The second kappa shape index (κ2) is 7.10. The number of phenols is 1. The van der Waals surface area contributed by atoms with E-state index in [0.717, 1.165) is 17.0 Å². The highest BCUT2D eigenvalue weighted by Crippen LogP contribution is 2.22. The minimum absolute atomic E-state index is 0.00831. The van der Waals surface area contributed by atoms with Gasteiger partial charge in [0.1, 0.15) is 11.3 Å². The molecule has 0 radical (unpaired) electrons. The van der Waals surface area contributed by atoms with E-state index in [1.165, 1.54) is 16.7 Å². The number of anilines is 1. The molecule has 7 heteroatoms. The van der Waals surface area contributed by atoms with Crippen molar-refractivity contribution < 1.29 is 24.6 Å². The minimum Gasteiger partial charge on any atom is -0.507 e. The van der Waals surface area contributed by atoms with Gasteiger partial charge in [-0.3, -0.25) is 14.2 Å². The van der Waals surface area contributed by atoms with Gasteiger partial charge in [0.15, 0.2) is 0 Å². The smallest absolute Gasteiger partial charge is 0.339 e. The fourth-order valence-corrected chi connectivity index (χ4v) is 2.65. The number of nitrogens with one attached hydrogen (secondary N) is 1. The van der Waals surface area contributed by atoms with E-state index >= 15 is 0 Å². The highest BCUT2D eigenvalue weighted by Gasteiger charge is 2.14. The van der Waals surface area contributed by atoms with Crippen LogP contribution in [0.4, 0.5) is 5.69 Å². The van der Waals surface area contributed by atoms with E-state index in [2.05, 4.69) is 5.32 Å². The van der Waals surface area contributed by atoms with Crippen LogP contribution < -0.4 is 5.32 Å². The number of aromatic nitrogens is 1. The predicted octanol–water partition coefficient (Wildman–Crippen LogP) is 3.10. The lowest BCUT2D eigenvalue weighted by Gasteiger charge is -2.08. The van der Waals surface area contributed by atoms with Crippen LogP contribution in [0.1, 0.15) is 28.0 Å². The number of para-hydroxylation sites is 1. The number of nitrogens with zero attached hydrogens (tertiary/aromatic N) is 1. The van der Waals surface area contributed by atoms with Crippen LogP contribution in [0, 0.1) is 0 Å². The Morgan fingerprint density at radius 1 is 1.00 bits per heavy atom. The third-order valence-electron chi connectivity index (χ3n) is 3.94. The lowest BCUT2D eigenvalue weighted by molar-refractivity contribution is -0.116. The Morgan fingerprint density at radius 2 is 1.77 bits per heavy atom. The fraction of sp³-hybridized carbons (Fsp3) is 0.105. The van der Waals surface area contributed by atoms with Gasteiger partial charge < -0.3 is 15.5 Å². The third kappa shape index (κ3) is 3.56. The van der Waals surface area contributed by atoms with Crippen molar-refractivity contribution in [1.29, 1.82) is 0 Å². The molecule has 132 valence electrons. The number of fused-ring (bicyclic) bond motifs is 1. The van der Waals surface area contributed by atoms with Crippen molar-refractivity contribution >= 4 is 34.4 Å². The van der Waals surface area contributed by atoms with Crippen LogP contribution in [0.15, 0.2) is 54.7 Å². The number of hydrogen-bond donors (Lipinski definition) is 3. The monoisotopic (exact) mass is 352 g/mol. The van der Waals surface area contributed by atoms with Crippen molar-refractivity contribution in [3.8, 4) is 5.75 Å². The maximum absolute atomic E-state index is 12.3. The van der Waals surface area contributed by atoms with E-state index in [4.69, 9.17) is 5.11 Å². The number of hydrogen-bond acceptors (Lipinski definition) is 4. The first-order valence-corrected chi connectivity index (χ1v) is 7.91. The van der Waals surface area contributed by atoms with Crippen LogP contribution >= 0.6 is 0 Å². The number of carbonyl (C=O) groups is 3. The first-order chi connectivity index (χ1) is 12.5. The molecule has 7 nitrogen and oxygen atoms in total. The van der Waals surface area contributed by atoms with Gasteiger partial charge in [-0.1, -0.05) is 18.2 Å². The number of aromatic hydroxyl groups is 1. The van der Waals surface area contributed by atoms with E-state index in [1.807, 2.05) is 30.3 Å². The summed E-state index contributed by atoms with van der Waals surface area (Å²) in [5, 5.41) is 21.9. The van der Waals surface area contributed by atoms with E-state index in [-0.39, 0.29) is 35.7 Å². The van der Waals surface area contributed by atoms with Crippen LogP contribution in [0.25, 0.3) is 10.9 Å². The lowest BCUT2D eigenvalue weighted by Crippen LogP contribution is -2.16. The van der Waals surface area contributed by atoms with Crippen molar-refractivity contribution in [2.24, 2.45) is 0 Å². The molecule has 0 unspecified atom stereocenters. The lowest BCUT2D eigenvalue weighted by atomic mass is 10.1. The molecule has 0 aliphatic carbocycles. The van der Waals surface area contributed by atoms with Gasteiger partial charge in [-0.15, -0.1) is 0 Å². The van der Waals surface area contributed by atoms with Gasteiger partial charge in [-0.05, 0) is 30.3 Å². The van der Waals surface area contributed by atoms with Gasteiger partial charge >= 0.3 is 5.97 Å². The molecule has 3 rings (SSSR count). The van der Waals surface area contributed by atoms with Gasteiger partial charge in [0, 0.05) is 30.1 Å². The predicted molar refractivity (Wildman–Crippen MR) is 95.5 cm³/mol. The minimum atomic E-state index is -1.30. The summed E-state index contributed by atoms with van der Waals surface area (Å²) in [6.07, 6.45) is 1.63. The first-order valence-electron chi connectivity index (χ1n) is 7.91. The van der Waals surface area contributed by atoms with Crippen molar-refractivity contribution in [2.75, 3.05) is 5.32 Å². The van der Waals surface area contributed by atoms with Crippen LogP contribution in [-0.2, 0) is 4.79 Å². The fourth-order valence-electron chi connectivity index (χ4n) is 2.65. The molecule has 0 saturated carbocycles. The largest absolute Gasteiger partial charge is 0.507 e. The van der Waals surface area contributed by atoms with E-state index in [0.29, 0.717) is 0 Å². The molecule has 1 amide bonds. The summed E-state index contributed by atoms with van der Waals surface area (Å²) in [6, 6.07) is 13.0. The number of aromatic carboxylic acids is 1. The highest BCUT2D eigenvalue weighted by atomic mass is 16.4. The molecule has 0 saturated heterocycles. The standard InChI is InChI=1S/C19H16N2O5/c22-16-6-5-13(11-14(16)19(25)26)20-17(23)7-8-18(24)21-10-9-12-3-1-2-4-15(12)21/h1-6,9-11,22H,7-8H2,(H,20,23)(H,25,26). The second-order valence-corrected chi connectivity index (χ2v) is 5.72. The molecule has 1 heterocycles. The zero-order valence-electron chi connectivity index (χ0n) is 13.7. The van der Waals surface area contributed by atoms with Gasteiger partial charge in [-0.25, -0.2) is 4.79 Å². The Bertz CT molecular complexity index is 1010. The molecule has 0 bridgehead atoms. The summed E-state index contributed by atoms with van der Waals surface area (Å²) in [6.45, 7) is 0. The topological polar surface area (TPSA) is 109 Å². The molecule has 0 fully saturated rings. The Kier molecular flexibility index (Phi) is 4.70. The van der Waals surface area contributed by atoms with Gasteiger partial charge in [0.05, 0.1) is 5.52 Å². The zero-order valence-corrected chi connectivity index (χ0v) is 13.7. The van der Waals surface area contributed by atoms with Crippen molar-refractivity contribution in [1.82, 2.24) is 4.57 Å². The number of rotatable bonds is 5. The second-order valence-electron chi connectivity index (χ2n) is 5.72. The molecule has 26 heavy (non-hydrogen) atoms. The highest BCUT2D eigenvalue weighted by molar-refractivity contribution is 5.98. The van der Waals surface area contributed by atoms with Crippen LogP contribution in [0.2, 0.25) is 0 Å². The molecule has 0 atom stereocenters. The van der Waals surface area contributed by atoms with Gasteiger partial charge in [0.2, 0.25) is 11.8 Å². The Balaban J connectivity index is 1.63. The average molecular weight is 352 g/mol. The summed E-state index contributed by atoms with van der Waals surface area (Å²) >= 11 is 0. The molecular weight excluding hydrogens is 336 g/mol. The summed E-state index contributed by atoms with van der Waals surface area (Å²) in [5.41, 5.74) is 0.712. The van der Waals surface area contributed by atoms with Crippen LogP contribution in [0.3, 0.4) is 0 Å². The van der Waals surface area contributed by atoms with Crippen molar-refractivity contribution in [2.45, 2.75) is 12.8 Å². The van der Waals surface area contributed by atoms with Gasteiger partial charge in [0.25, 0.3) is 0 Å². The first kappa shape index (κ1) is 17.2. The normalized spacial score (nSPS) is 10.6. The van der Waals surface area contributed by atoms with E-state index < -0.39 is 11.9 Å². The quantitative estimate of drug-likeness (QED) is 0.611. The van der Waals surface area contributed by atoms with Crippen LogP contribution in [0.5, 0.6) is 5.75 Å². The van der Waals surface area contributed by atoms with E-state index in [9.17, 15) is 19.5 Å². The summed E-state index contributed by atoms with van der Waals surface area (Å²) < 4.78 is 1.51. The third-order valence-corrected chi connectivity index (χ3v) is 3.94. The van der Waals surface area contributed by atoms with E-state index in [1.54, 1.807) is 6.20 Å². The SMILES string of the molecule is O=C(CCC(=O)n1ccc2ccccc21)Nc1ccc(O)c(C(=O)O)c1. The Morgan fingerprint density at radius 3 is 2.54 bits per heavy atom. The molecule has 0 spiro atoms. The maximum Gasteiger partial charge on any atom is 0.339 e. The molecular formula is C19H16N2O5. The molecule has 0 aliphatic rings. The number of benzene rings is 2. The van der Waals surface area contributed by atoms with Gasteiger partial charge in [-0.2, -0.15) is 0 Å². The summed E-state index contributed by atoms with van der Waals surface area (Å²) in [5.74, 6) is -2.31.